The third kappa shape index (κ3) is 4.97. The molecule has 114 valence electrons. The molecule has 0 bridgehead atoms. The minimum atomic E-state index is -0.922. The maximum atomic E-state index is 11.8. The summed E-state index contributed by atoms with van der Waals surface area (Å²) in [4.78, 5) is 17.0. The number of nitrogens with two attached hydrogens (primary N) is 1. The van der Waals surface area contributed by atoms with Gasteiger partial charge in [-0.25, -0.2) is 4.98 Å². The second kappa shape index (κ2) is 7.22. The molecule has 4 nitrogen and oxygen atoms in total. The van der Waals surface area contributed by atoms with Crippen LogP contribution in [0.5, 0.6) is 0 Å². The predicted octanol–water partition coefficient (Wildman–Crippen LogP) is 3.48. The van der Waals surface area contributed by atoms with E-state index in [1.54, 1.807) is 20.0 Å². The van der Waals surface area contributed by atoms with Crippen LogP contribution in [0.2, 0.25) is 5.02 Å². The summed E-state index contributed by atoms with van der Waals surface area (Å²) in [6.07, 6.45) is 2.44. The summed E-state index contributed by atoms with van der Waals surface area (Å²) in [5.41, 5.74) is 5.84. The van der Waals surface area contributed by atoms with Crippen LogP contribution in [-0.4, -0.2) is 16.4 Å². The van der Waals surface area contributed by atoms with Crippen molar-refractivity contribution in [3.63, 3.8) is 0 Å². The molecule has 0 aliphatic rings. The first-order chi connectivity index (χ1) is 9.36. The van der Waals surface area contributed by atoms with Crippen molar-refractivity contribution in [1.82, 2.24) is 4.98 Å². The van der Waals surface area contributed by atoms with Crippen molar-refractivity contribution >= 4 is 46.4 Å². The molecule has 1 aromatic carbocycles. The van der Waals surface area contributed by atoms with Gasteiger partial charge in [0.2, 0.25) is 5.91 Å². The fraction of sp³-hybridized carbons (Fsp3) is 0.286. The predicted molar refractivity (Wildman–Crippen MR) is 90.5 cm³/mol. The SMILES string of the molecule is CC(C)(N)C(=O)Nc1ncc(Cc2ccccc2Cl)s1.Cl. The lowest BCUT2D eigenvalue weighted by molar-refractivity contribution is -0.120. The van der Waals surface area contributed by atoms with E-state index in [0.717, 1.165) is 15.5 Å². The van der Waals surface area contributed by atoms with E-state index in [-0.39, 0.29) is 18.3 Å². The Morgan fingerprint density at radius 2 is 2.10 bits per heavy atom. The molecule has 7 heteroatoms. The van der Waals surface area contributed by atoms with Crippen molar-refractivity contribution in [2.45, 2.75) is 25.8 Å². The third-order valence-corrected chi connectivity index (χ3v) is 3.96. The number of nitrogens with zero attached hydrogens (tertiary/aromatic N) is 1. The van der Waals surface area contributed by atoms with Gasteiger partial charge in [-0.3, -0.25) is 4.79 Å². The quantitative estimate of drug-likeness (QED) is 0.891. The number of nitrogens with one attached hydrogen (secondary N) is 1. The molecule has 0 aliphatic carbocycles. The van der Waals surface area contributed by atoms with Gasteiger partial charge in [0.15, 0.2) is 5.13 Å². The third-order valence-electron chi connectivity index (χ3n) is 2.68. The Kier molecular flexibility index (Phi) is 6.16. The van der Waals surface area contributed by atoms with Gasteiger partial charge in [-0.05, 0) is 25.5 Å². The maximum absolute atomic E-state index is 11.8. The lowest BCUT2D eigenvalue weighted by Gasteiger charge is -2.16. The highest BCUT2D eigenvalue weighted by molar-refractivity contribution is 7.15. The molecule has 3 N–H and O–H groups in total. The smallest absolute Gasteiger partial charge is 0.245 e. The van der Waals surface area contributed by atoms with Crippen LogP contribution < -0.4 is 11.1 Å². The topological polar surface area (TPSA) is 68.0 Å². The van der Waals surface area contributed by atoms with Crippen LogP contribution in [0, 0.1) is 0 Å². The van der Waals surface area contributed by atoms with Crippen molar-refractivity contribution in [2.75, 3.05) is 5.32 Å². The van der Waals surface area contributed by atoms with Crippen molar-refractivity contribution in [3.8, 4) is 0 Å². The Morgan fingerprint density at radius 1 is 1.43 bits per heavy atom. The molecular formula is C14H17Cl2N3OS. The monoisotopic (exact) mass is 345 g/mol. The molecule has 0 aliphatic heterocycles. The molecule has 0 saturated carbocycles. The van der Waals surface area contributed by atoms with Crippen LogP contribution >= 0.6 is 35.3 Å². The minimum absolute atomic E-state index is 0. The first-order valence-electron chi connectivity index (χ1n) is 6.14. The van der Waals surface area contributed by atoms with Gasteiger partial charge in [0.05, 0.1) is 5.54 Å². The van der Waals surface area contributed by atoms with E-state index in [1.165, 1.54) is 11.3 Å². The van der Waals surface area contributed by atoms with Crippen LogP contribution in [0.15, 0.2) is 30.5 Å². The molecular weight excluding hydrogens is 329 g/mol. The first kappa shape index (κ1) is 17.9. The molecule has 0 radical (unpaired) electrons. The zero-order valence-corrected chi connectivity index (χ0v) is 14.1. The van der Waals surface area contributed by atoms with Gasteiger partial charge in [0.1, 0.15) is 0 Å². The molecule has 0 spiro atoms. The number of hydrogen-bond acceptors (Lipinski definition) is 4. The molecule has 1 amide bonds. The van der Waals surface area contributed by atoms with E-state index in [9.17, 15) is 4.79 Å². The highest BCUT2D eigenvalue weighted by Crippen LogP contribution is 2.24. The molecule has 0 fully saturated rings. The normalized spacial score (nSPS) is 10.9. The summed E-state index contributed by atoms with van der Waals surface area (Å²) in [6, 6.07) is 7.68. The summed E-state index contributed by atoms with van der Waals surface area (Å²) in [7, 11) is 0. The molecule has 0 saturated heterocycles. The summed E-state index contributed by atoms with van der Waals surface area (Å²) < 4.78 is 0. The Morgan fingerprint density at radius 3 is 2.71 bits per heavy atom. The van der Waals surface area contributed by atoms with Crippen LogP contribution in [0.3, 0.4) is 0 Å². The molecule has 1 heterocycles. The van der Waals surface area contributed by atoms with Crippen LogP contribution in [-0.2, 0) is 11.2 Å². The van der Waals surface area contributed by atoms with Crippen molar-refractivity contribution < 1.29 is 4.79 Å². The number of benzene rings is 1. The molecule has 2 aromatic rings. The number of carbonyl (C=O) groups is 1. The van der Waals surface area contributed by atoms with E-state index < -0.39 is 5.54 Å². The number of thiazole rings is 1. The average molecular weight is 346 g/mol. The highest BCUT2D eigenvalue weighted by Gasteiger charge is 2.22. The van der Waals surface area contributed by atoms with E-state index in [0.29, 0.717) is 11.6 Å². The number of carbonyl (C=O) groups excluding carboxylic acids is 1. The van der Waals surface area contributed by atoms with Gasteiger partial charge in [-0.15, -0.1) is 23.7 Å². The summed E-state index contributed by atoms with van der Waals surface area (Å²) in [5.74, 6) is -0.254. The number of rotatable bonds is 4. The molecule has 0 atom stereocenters. The van der Waals surface area contributed by atoms with Gasteiger partial charge in [0, 0.05) is 22.5 Å². The van der Waals surface area contributed by atoms with Gasteiger partial charge in [-0.1, -0.05) is 29.8 Å². The van der Waals surface area contributed by atoms with Crippen molar-refractivity contribution in [1.29, 1.82) is 0 Å². The van der Waals surface area contributed by atoms with E-state index in [1.807, 2.05) is 24.3 Å². The molecule has 0 unspecified atom stereocenters. The second-order valence-electron chi connectivity index (χ2n) is 5.08. The van der Waals surface area contributed by atoms with Gasteiger partial charge < -0.3 is 11.1 Å². The standard InChI is InChI=1S/C14H16ClN3OS.ClH/c1-14(2,16)12(19)18-13-17-8-10(20-13)7-9-5-3-4-6-11(9)15;/h3-6,8H,7,16H2,1-2H3,(H,17,18,19);1H. The average Bonchev–Trinajstić information content (AvgIpc) is 2.78. The van der Waals surface area contributed by atoms with E-state index >= 15 is 0 Å². The largest absolute Gasteiger partial charge is 0.318 e. The Hall–Kier alpha value is -1.14. The van der Waals surface area contributed by atoms with Crippen LogP contribution in [0.1, 0.15) is 24.3 Å². The van der Waals surface area contributed by atoms with Crippen molar-refractivity contribution in [3.05, 3.63) is 45.9 Å². The number of amides is 1. The highest BCUT2D eigenvalue weighted by atomic mass is 35.5. The van der Waals surface area contributed by atoms with Gasteiger partial charge >= 0.3 is 0 Å². The second-order valence-corrected chi connectivity index (χ2v) is 6.60. The van der Waals surface area contributed by atoms with Crippen LogP contribution in [0.4, 0.5) is 5.13 Å². The first-order valence-corrected chi connectivity index (χ1v) is 7.34. The summed E-state index contributed by atoms with van der Waals surface area (Å²) >= 11 is 7.55. The van der Waals surface area contributed by atoms with Gasteiger partial charge in [-0.2, -0.15) is 0 Å². The lowest BCUT2D eigenvalue weighted by Crippen LogP contribution is -2.45. The summed E-state index contributed by atoms with van der Waals surface area (Å²) in [6.45, 7) is 3.31. The molecule has 1 aromatic heterocycles. The zero-order valence-electron chi connectivity index (χ0n) is 11.7. The van der Waals surface area contributed by atoms with E-state index in [4.69, 9.17) is 17.3 Å². The Balaban J connectivity index is 0.00000220. The Bertz CT molecular complexity index is 623. The lowest BCUT2D eigenvalue weighted by atomic mass is 10.1. The fourth-order valence-corrected chi connectivity index (χ4v) is 2.57. The Labute approximate surface area is 139 Å². The van der Waals surface area contributed by atoms with Crippen molar-refractivity contribution in [2.24, 2.45) is 5.73 Å². The minimum Gasteiger partial charge on any atom is -0.318 e. The number of hydrogen-bond donors (Lipinski definition) is 2. The molecule has 2 rings (SSSR count). The van der Waals surface area contributed by atoms with E-state index in [2.05, 4.69) is 10.3 Å². The fourth-order valence-electron chi connectivity index (χ4n) is 1.53. The molecule has 21 heavy (non-hydrogen) atoms. The number of halogens is 2. The number of anilines is 1. The van der Waals surface area contributed by atoms with Crippen LogP contribution in [0.25, 0.3) is 0 Å². The number of aromatic nitrogens is 1. The maximum Gasteiger partial charge on any atom is 0.245 e. The van der Waals surface area contributed by atoms with Gasteiger partial charge in [0.25, 0.3) is 0 Å². The zero-order chi connectivity index (χ0) is 14.8. The summed E-state index contributed by atoms with van der Waals surface area (Å²) in [5, 5.41) is 4.00.